The minimum atomic E-state index is -0.173. The summed E-state index contributed by atoms with van der Waals surface area (Å²) in [4.78, 5) is 11.0. The molecule has 0 aliphatic carbocycles. The van der Waals surface area contributed by atoms with Crippen LogP contribution in [0.3, 0.4) is 0 Å². The number of unbranched alkanes of at least 4 members (excludes halogenated alkanes) is 1. The summed E-state index contributed by atoms with van der Waals surface area (Å²) in [5.41, 5.74) is 0. The Morgan fingerprint density at radius 2 is 2.36 bits per heavy atom. The van der Waals surface area contributed by atoms with E-state index < -0.39 is 0 Å². The van der Waals surface area contributed by atoms with E-state index in [9.17, 15) is 4.79 Å². The fourth-order valence-corrected chi connectivity index (χ4v) is 0.826. The second-order valence-corrected chi connectivity index (χ2v) is 2.65. The van der Waals surface area contributed by atoms with E-state index in [1.807, 2.05) is 6.92 Å². The maximum Gasteiger partial charge on any atom is 0.313 e. The van der Waals surface area contributed by atoms with E-state index >= 15 is 0 Å². The van der Waals surface area contributed by atoms with Crippen molar-refractivity contribution < 1.29 is 9.53 Å². The van der Waals surface area contributed by atoms with Crippen LogP contribution in [0.4, 0.5) is 0 Å². The second-order valence-electron chi connectivity index (χ2n) is 2.65. The summed E-state index contributed by atoms with van der Waals surface area (Å²) in [5.74, 6) is -0.165. The standard InChI is InChI=1S/C9H16O2/c1-4-6-7-8(3)9(10)11-5-2/h5,8H,2,4,6-7H2,1,3H3. The number of ether oxygens (including phenoxy) is 1. The summed E-state index contributed by atoms with van der Waals surface area (Å²) < 4.78 is 4.63. The van der Waals surface area contributed by atoms with Gasteiger partial charge in [-0.3, -0.25) is 4.79 Å². The molecule has 0 rings (SSSR count). The van der Waals surface area contributed by atoms with Crippen LogP contribution in [0, 0.1) is 5.92 Å². The number of esters is 1. The molecule has 0 saturated carbocycles. The first kappa shape index (κ1) is 10.2. The molecule has 0 aromatic heterocycles. The Labute approximate surface area is 68.2 Å². The molecule has 0 spiro atoms. The third-order valence-corrected chi connectivity index (χ3v) is 1.59. The lowest BCUT2D eigenvalue weighted by Gasteiger charge is -2.06. The topological polar surface area (TPSA) is 26.3 Å². The van der Waals surface area contributed by atoms with Crippen molar-refractivity contribution >= 4 is 5.97 Å². The highest BCUT2D eigenvalue weighted by atomic mass is 16.5. The highest BCUT2D eigenvalue weighted by molar-refractivity contribution is 5.72. The predicted molar refractivity (Wildman–Crippen MR) is 45.0 cm³/mol. The van der Waals surface area contributed by atoms with Gasteiger partial charge in [0.2, 0.25) is 0 Å². The van der Waals surface area contributed by atoms with E-state index in [-0.39, 0.29) is 11.9 Å². The quantitative estimate of drug-likeness (QED) is 0.451. The lowest BCUT2D eigenvalue weighted by Crippen LogP contribution is -2.11. The molecule has 1 unspecified atom stereocenters. The Morgan fingerprint density at radius 1 is 1.73 bits per heavy atom. The van der Waals surface area contributed by atoms with Crippen LogP contribution in [-0.2, 0) is 9.53 Å². The summed E-state index contributed by atoms with van der Waals surface area (Å²) >= 11 is 0. The van der Waals surface area contributed by atoms with Gasteiger partial charge in [0.25, 0.3) is 0 Å². The Balaban J connectivity index is 3.54. The Bertz CT molecular complexity index is 130. The molecule has 0 aromatic carbocycles. The van der Waals surface area contributed by atoms with Crippen molar-refractivity contribution in [2.45, 2.75) is 33.1 Å². The molecular weight excluding hydrogens is 140 g/mol. The summed E-state index contributed by atoms with van der Waals surface area (Å²) in [6, 6.07) is 0. The second kappa shape index (κ2) is 5.96. The molecule has 0 fully saturated rings. The van der Waals surface area contributed by atoms with Gasteiger partial charge >= 0.3 is 5.97 Å². The number of hydrogen-bond acceptors (Lipinski definition) is 2. The molecule has 0 amide bonds. The number of rotatable bonds is 5. The molecule has 0 aliphatic rings. The zero-order valence-electron chi connectivity index (χ0n) is 7.30. The first-order valence-electron chi connectivity index (χ1n) is 4.03. The van der Waals surface area contributed by atoms with Gasteiger partial charge in [-0.05, 0) is 6.42 Å². The van der Waals surface area contributed by atoms with E-state index in [1.165, 1.54) is 6.26 Å². The van der Waals surface area contributed by atoms with Gasteiger partial charge in [0.1, 0.15) is 0 Å². The third-order valence-electron chi connectivity index (χ3n) is 1.59. The molecule has 0 heterocycles. The van der Waals surface area contributed by atoms with Crippen LogP contribution in [-0.4, -0.2) is 5.97 Å². The van der Waals surface area contributed by atoms with Gasteiger partial charge in [0, 0.05) is 0 Å². The molecule has 0 N–H and O–H groups in total. The van der Waals surface area contributed by atoms with E-state index in [2.05, 4.69) is 18.2 Å². The van der Waals surface area contributed by atoms with E-state index in [4.69, 9.17) is 0 Å². The smallest absolute Gasteiger partial charge is 0.313 e. The van der Waals surface area contributed by atoms with Gasteiger partial charge in [0.05, 0.1) is 12.2 Å². The lowest BCUT2D eigenvalue weighted by molar-refractivity contribution is -0.142. The van der Waals surface area contributed by atoms with Crippen molar-refractivity contribution in [2.75, 3.05) is 0 Å². The largest absolute Gasteiger partial charge is 0.435 e. The van der Waals surface area contributed by atoms with Crippen LogP contribution in [0.1, 0.15) is 33.1 Å². The minimum Gasteiger partial charge on any atom is -0.435 e. The Hall–Kier alpha value is -0.790. The van der Waals surface area contributed by atoms with Gasteiger partial charge in [-0.1, -0.05) is 33.3 Å². The zero-order valence-corrected chi connectivity index (χ0v) is 7.30. The molecule has 11 heavy (non-hydrogen) atoms. The molecule has 2 heteroatoms. The predicted octanol–water partition coefficient (Wildman–Crippen LogP) is 2.50. The normalized spacial score (nSPS) is 12.2. The first-order valence-corrected chi connectivity index (χ1v) is 4.03. The molecule has 0 aromatic rings. The van der Waals surface area contributed by atoms with Crippen LogP contribution >= 0.6 is 0 Å². The molecule has 0 bridgehead atoms. The van der Waals surface area contributed by atoms with Crippen LogP contribution < -0.4 is 0 Å². The van der Waals surface area contributed by atoms with Crippen molar-refractivity contribution in [1.82, 2.24) is 0 Å². The highest BCUT2D eigenvalue weighted by Crippen LogP contribution is 2.08. The van der Waals surface area contributed by atoms with Crippen molar-refractivity contribution in [2.24, 2.45) is 5.92 Å². The van der Waals surface area contributed by atoms with E-state index in [0.29, 0.717) is 0 Å². The van der Waals surface area contributed by atoms with Gasteiger partial charge in [-0.2, -0.15) is 0 Å². The zero-order chi connectivity index (χ0) is 8.69. The van der Waals surface area contributed by atoms with E-state index in [1.54, 1.807) is 0 Å². The van der Waals surface area contributed by atoms with Crippen molar-refractivity contribution in [3.63, 3.8) is 0 Å². The van der Waals surface area contributed by atoms with Crippen molar-refractivity contribution in [3.05, 3.63) is 12.8 Å². The highest BCUT2D eigenvalue weighted by Gasteiger charge is 2.11. The van der Waals surface area contributed by atoms with E-state index in [0.717, 1.165) is 19.3 Å². The monoisotopic (exact) mass is 156 g/mol. The molecule has 0 radical (unpaired) electrons. The average Bonchev–Trinajstić information content (AvgIpc) is 2.00. The van der Waals surface area contributed by atoms with Crippen molar-refractivity contribution in [1.29, 1.82) is 0 Å². The molecular formula is C9H16O2. The molecule has 0 saturated heterocycles. The minimum absolute atomic E-state index is 0.00736. The molecule has 0 aliphatic heterocycles. The van der Waals surface area contributed by atoms with Crippen LogP contribution in [0.15, 0.2) is 12.8 Å². The Morgan fingerprint density at radius 3 is 2.82 bits per heavy atom. The Kier molecular flexibility index (Phi) is 5.53. The molecule has 64 valence electrons. The third kappa shape index (κ3) is 4.59. The van der Waals surface area contributed by atoms with Crippen LogP contribution in [0.2, 0.25) is 0 Å². The number of carbonyl (C=O) groups excluding carboxylic acids is 1. The lowest BCUT2D eigenvalue weighted by atomic mass is 10.1. The average molecular weight is 156 g/mol. The summed E-state index contributed by atoms with van der Waals surface area (Å²) in [6.45, 7) is 7.30. The number of carbonyl (C=O) groups is 1. The maximum absolute atomic E-state index is 11.0. The van der Waals surface area contributed by atoms with Crippen LogP contribution in [0.5, 0.6) is 0 Å². The fourth-order valence-electron chi connectivity index (χ4n) is 0.826. The number of hydrogen-bond donors (Lipinski definition) is 0. The van der Waals surface area contributed by atoms with Gasteiger partial charge in [-0.25, -0.2) is 0 Å². The summed E-state index contributed by atoms with van der Waals surface area (Å²) in [5, 5.41) is 0. The molecule has 1 atom stereocenters. The summed E-state index contributed by atoms with van der Waals surface area (Å²) in [7, 11) is 0. The summed E-state index contributed by atoms with van der Waals surface area (Å²) in [6.07, 6.45) is 4.28. The first-order chi connectivity index (χ1) is 5.22. The SMILES string of the molecule is C=COC(=O)C(C)CCCC. The van der Waals surface area contributed by atoms with Gasteiger partial charge < -0.3 is 4.74 Å². The fraction of sp³-hybridized carbons (Fsp3) is 0.667. The van der Waals surface area contributed by atoms with Crippen LogP contribution in [0.25, 0.3) is 0 Å². The van der Waals surface area contributed by atoms with Crippen molar-refractivity contribution in [3.8, 4) is 0 Å². The maximum atomic E-state index is 11.0. The molecule has 2 nitrogen and oxygen atoms in total. The van der Waals surface area contributed by atoms with Gasteiger partial charge in [-0.15, -0.1) is 0 Å². The van der Waals surface area contributed by atoms with Gasteiger partial charge in [0.15, 0.2) is 0 Å².